The van der Waals surface area contributed by atoms with Crippen molar-refractivity contribution in [1.29, 1.82) is 0 Å². The Hall–Kier alpha value is -0.670. The quantitative estimate of drug-likeness (QED) is 0.481. The first-order valence-electron chi connectivity index (χ1n) is 4.70. The first-order valence-corrected chi connectivity index (χ1v) is 4.70. The minimum absolute atomic E-state index is 0.00708. The van der Waals surface area contributed by atoms with Gasteiger partial charge in [0.05, 0.1) is 6.10 Å². The predicted molar refractivity (Wildman–Crippen MR) is 49.3 cm³/mol. The van der Waals surface area contributed by atoms with Gasteiger partial charge >= 0.3 is 0 Å². The van der Waals surface area contributed by atoms with Crippen LogP contribution in [0.15, 0.2) is 12.7 Å². The van der Waals surface area contributed by atoms with E-state index in [-0.39, 0.29) is 12.2 Å². The van der Waals surface area contributed by atoms with Gasteiger partial charge in [-0.05, 0) is 6.42 Å². The Morgan fingerprint density at radius 3 is 2.77 bits per heavy atom. The summed E-state index contributed by atoms with van der Waals surface area (Å²) in [5, 5.41) is 0. The molecular formula is C10H16O3. The van der Waals surface area contributed by atoms with Crippen molar-refractivity contribution >= 4 is 6.29 Å². The van der Waals surface area contributed by atoms with Gasteiger partial charge in [0.15, 0.2) is 6.29 Å². The summed E-state index contributed by atoms with van der Waals surface area (Å²) >= 11 is 0. The number of unbranched alkanes of at least 4 members (excludes halogenated alkanes) is 1. The maximum absolute atomic E-state index is 10.4. The van der Waals surface area contributed by atoms with Crippen LogP contribution in [-0.2, 0) is 14.3 Å². The second kappa shape index (κ2) is 5.14. The molecule has 1 aliphatic heterocycles. The Bertz CT molecular complexity index is 179. The largest absolute Gasteiger partial charge is 0.340 e. The van der Waals surface area contributed by atoms with Gasteiger partial charge in [0.2, 0.25) is 6.29 Å². The third-order valence-corrected chi connectivity index (χ3v) is 2.15. The highest BCUT2D eigenvalue weighted by atomic mass is 16.7. The van der Waals surface area contributed by atoms with Gasteiger partial charge in [-0.3, -0.25) is 4.79 Å². The molecule has 1 rings (SSSR count). The van der Waals surface area contributed by atoms with Crippen LogP contribution in [-0.4, -0.2) is 24.8 Å². The zero-order chi connectivity index (χ0) is 9.68. The normalized spacial score (nSPS) is 33.2. The molecule has 3 unspecified atom stereocenters. The summed E-state index contributed by atoms with van der Waals surface area (Å²) in [4.78, 5) is 10.4. The second-order valence-corrected chi connectivity index (χ2v) is 3.16. The molecule has 0 spiro atoms. The summed E-state index contributed by atoms with van der Waals surface area (Å²) in [6.07, 6.45) is 4.71. The highest BCUT2D eigenvalue weighted by Crippen LogP contribution is 2.22. The average Bonchev–Trinajstić information content (AvgIpc) is 2.57. The number of carbonyl (C=O) groups is 1. The van der Waals surface area contributed by atoms with Crippen LogP contribution in [0.2, 0.25) is 0 Å². The zero-order valence-corrected chi connectivity index (χ0v) is 7.94. The van der Waals surface area contributed by atoms with E-state index < -0.39 is 6.29 Å². The molecule has 0 aromatic carbocycles. The first kappa shape index (κ1) is 10.4. The molecule has 0 saturated carbocycles. The van der Waals surface area contributed by atoms with Gasteiger partial charge in [0, 0.05) is 0 Å². The molecular weight excluding hydrogens is 168 g/mol. The molecule has 0 aliphatic carbocycles. The van der Waals surface area contributed by atoms with Crippen LogP contribution in [0.3, 0.4) is 0 Å². The molecule has 74 valence electrons. The highest BCUT2D eigenvalue weighted by Gasteiger charge is 2.33. The van der Waals surface area contributed by atoms with Gasteiger partial charge in [-0.1, -0.05) is 25.8 Å². The number of hydrogen-bond acceptors (Lipinski definition) is 3. The first-order chi connectivity index (χ1) is 6.31. The van der Waals surface area contributed by atoms with E-state index in [9.17, 15) is 4.79 Å². The number of aldehydes is 1. The summed E-state index contributed by atoms with van der Waals surface area (Å²) in [7, 11) is 0. The molecule has 3 heteroatoms. The molecule has 0 amide bonds. The Kier molecular flexibility index (Phi) is 4.12. The zero-order valence-electron chi connectivity index (χ0n) is 7.94. The lowest BCUT2D eigenvalue weighted by Gasteiger charge is -2.11. The molecule has 3 atom stereocenters. The maximum atomic E-state index is 10.4. The predicted octanol–water partition coefficient (Wildman–Crippen LogP) is 1.67. The van der Waals surface area contributed by atoms with E-state index in [0.717, 1.165) is 19.3 Å². The van der Waals surface area contributed by atoms with Gasteiger partial charge in [0.1, 0.15) is 6.10 Å². The summed E-state index contributed by atoms with van der Waals surface area (Å²) in [5.74, 6) is 0. The second-order valence-electron chi connectivity index (χ2n) is 3.16. The lowest BCUT2D eigenvalue weighted by molar-refractivity contribution is -0.134. The number of ether oxygens (including phenoxy) is 2. The van der Waals surface area contributed by atoms with E-state index in [0.29, 0.717) is 6.29 Å². The topological polar surface area (TPSA) is 35.5 Å². The van der Waals surface area contributed by atoms with Gasteiger partial charge in [0.25, 0.3) is 0 Å². The van der Waals surface area contributed by atoms with Gasteiger partial charge in [-0.15, -0.1) is 6.58 Å². The van der Waals surface area contributed by atoms with Gasteiger partial charge in [-0.2, -0.15) is 0 Å². The van der Waals surface area contributed by atoms with Gasteiger partial charge < -0.3 is 9.47 Å². The van der Waals surface area contributed by atoms with Crippen LogP contribution >= 0.6 is 0 Å². The molecule has 0 radical (unpaired) electrons. The van der Waals surface area contributed by atoms with E-state index in [2.05, 4.69) is 13.5 Å². The van der Waals surface area contributed by atoms with E-state index in [1.807, 2.05) is 0 Å². The van der Waals surface area contributed by atoms with Crippen molar-refractivity contribution in [3.05, 3.63) is 12.7 Å². The van der Waals surface area contributed by atoms with Crippen molar-refractivity contribution < 1.29 is 14.3 Å². The summed E-state index contributed by atoms with van der Waals surface area (Å²) in [6.45, 7) is 5.77. The standard InChI is InChI=1S/C10H16O3/c1-3-5-6-9-8(4-2)12-10(7-11)13-9/h4,7-10H,2-3,5-6H2,1H3. The molecule has 0 bridgehead atoms. The Morgan fingerprint density at radius 2 is 2.23 bits per heavy atom. The van der Waals surface area contributed by atoms with Crippen molar-refractivity contribution in [1.82, 2.24) is 0 Å². The van der Waals surface area contributed by atoms with Crippen molar-refractivity contribution in [2.24, 2.45) is 0 Å². The molecule has 0 aromatic rings. The minimum atomic E-state index is -0.690. The summed E-state index contributed by atoms with van der Waals surface area (Å²) in [5.41, 5.74) is 0. The van der Waals surface area contributed by atoms with E-state index in [4.69, 9.17) is 9.47 Å². The summed E-state index contributed by atoms with van der Waals surface area (Å²) in [6, 6.07) is 0. The van der Waals surface area contributed by atoms with E-state index in [1.54, 1.807) is 6.08 Å². The lowest BCUT2D eigenvalue weighted by atomic mass is 10.1. The van der Waals surface area contributed by atoms with Crippen LogP contribution in [0.1, 0.15) is 26.2 Å². The fourth-order valence-corrected chi connectivity index (χ4v) is 1.43. The lowest BCUT2D eigenvalue weighted by Crippen LogP contribution is -2.19. The molecule has 1 heterocycles. The van der Waals surface area contributed by atoms with Crippen molar-refractivity contribution in [2.75, 3.05) is 0 Å². The SMILES string of the molecule is C=CC1OC(C=O)OC1CCCC. The van der Waals surface area contributed by atoms with Crippen LogP contribution in [0.5, 0.6) is 0 Å². The molecule has 13 heavy (non-hydrogen) atoms. The fraction of sp³-hybridized carbons (Fsp3) is 0.700. The average molecular weight is 184 g/mol. The fourth-order valence-electron chi connectivity index (χ4n) is 1.43. The third kappa shape index (κ3) is 2.64. The highest BCUT2D eigenvalue weighted by molar-refractivity contribution is 5.54. The molecule has 0 aromatic heterocycles. The number of rotatable bonds is 5. The van der Waals surface area contributed by atoms with Crippen LogP contribution in [0.25, 0.3) is 0 Å². The Balaban J connectivity index is 2.42. The minimum Gasteiger partial charge on any atom is -0.340 e. The van der Waals surface area contributed by atoms with Crippen molar-refractivity contribution in [3.8, 4) is 0 Å². The number of hydrogen-bond donors (Lipinski definition) is 0. The van der Waals surface area contributed by atoms with Gasteiger partial charge in [-0.25, -0.2) is 0 Å². The smallest absolute Gasteiger partial charge is 0.215 e. The molecule has 1 saturated heterocycles. The molecule has 3 nitrogen and oxygen atoms in total. The van der Waals surface area contributed by atoms with Crippen LogP contribution in [0.4, 0.5) is 0 Å². The Labute approximate surface area is 78.7 Å². The molecule has 0 N–H and O–H groups in total. The van der Waals surface area contributed by atoms with E-state index in [1.165, 1.54) is 0 Å². The number of carbonyl (C=O) groups excluding carboxylic acids is 1. The van der Waals surface area contributed by atoms with Crippen molar-refractivity contribution in [3.63, 3.8) is 0 Å². The molecule has 1 aliphatic rings. The van der Waals surface area contributed by atoms with Crippen molar-refractivity contribution in [2.45, 2.75) is 44.7 Å². The van der Waals surface area contributed by atoms with Crippen LogP contribution in [0, 0.1) is 0 Å². The molecule has 1 fully saturated rings. The maximum Gasteiger partial charge on any atom is 0.215 e. The monoisotopic (exact) mass is 184 g/mol. The van der Waals surface area contributed by atoms with Crippen LogP contribution < -0.4 is 0 Å². The third-order valence-electron chi connectivity index (χ3n) is 2.15. The van der Waals surface area contributed by atoms with E-state index >= 15 is 0 Å². The summed E-state index contributed by atoms with van der Waals surface area (Å²) < 4.78 is 10.6. The Morgan fingerprint density at radius 1 is 1.46 bits per heavy atom.